The van der Waals surface area contributed by atoms with Crippen LogP contribution in [-0.4, -0.2) is 82.9 Å². The van der Waals surface area contributed by atoms with Crippen LogP contribution in [0.3, 0.4) is 0 Å². The zero-order valence-electron chi connectivity index (χ0n) is 18.1. The van der Waals surface area contributed by atoms with E-state index in [-0.39, 0.29) is 24.4 Å². The molecule has 30 heavy (non-hydrogen) atoms. The Bertz CT molecular complexity index is 715. The molecule has 1 saturated carbocycles. The Morgan fingerprint density at radius 2 is 1.83 bits per heavy atom. The molecule has 1 aromatic rings. The molecule has 3 rings (SSSR count). The predicted octanol–water partition coefficient (Wildman–Crippen LogP) is 0.120. The topological polar surface area (TPSA) is 81.5 Å². The molecule has 2 aliphatic rings. The number of carbonyl (C=O) groups is 2. The second-order valence-electron chi connectivity index (χ2n) is 7.96. The molecule has 0 radical (unpaired) electrons. The molecule has 0 aromatic heterocycles. The third-order valence-electron chi connectivity index (χ3n) is 5.91. The molecule has 1 aromatic carbocycles. The number of hydrogen-bond acceptors (Lipinski definition) is 5. The molecule has 2 fully saturated rings. The number of benzene rings is 1. The lowest BCUT2D eigenvalue weighted by Crippen LogP contribution is -3.14. The van der Waals surface area contributed by atoms with Gasteiger partial charge in [-0.1, -0.05) is 12.8 Å². The van der Waals surface area contributed by atoms with Crippen LogP contribution < -0.4 is 19.7 Å². The third kappa shape index (κ3) is 6.09. The van der Waals surface area contributed by atoms with E-state index < -0.39 is 0 Å². The molecule has 0 unspecified atom stereocenters. The molecule has 0 spiro atoms. The Morgan fingerprint density at radius 3 is 2.50 bits per heavy atom. The Labute approximate surface area is 178 Å². The minimum Gasteiger partial charge on any atom is -0.493 e. The van der Waals surface area contributed by atoms with Gasteiger partial charge in [-0.15, -0.1) is 0 Å². The molecule has 0 atom stereocenters. The van der Waals surface area contributed by atoms with Crippen LogP contribution in [0.25, 0.3) is 0 Å². The van der Waals surface area contributed by atoms with Crippen LogP contribution >= 0.6 is 0 Å². The lowest BCUT2D eigenvalue weighted by molar-refractivity contribution is -0.907. The van der Waals surface area contributed by atoms with Crippen molar-refractivity contribution < 1.29 is 28.7 Å². The van der Waals surface area contributed by atoms with Crippen molar-refractivity contribution in [2.45, 2.75) is 31.7 Å². The van der Waals surface area contributed by atoms with E-state index in [4.69, 9.17) is 14.2 Å². The SMILES string of the molecule is COc1ccc(C(=O)N(CC[NH+]2CCOCC2)CC(=O)NC2CCCC2)cc1OC. The molecule has 166 valence electrons. The van der Waals surface area contributed by atoms with Crippen LogP contribution in [0.5, 0.6) is 11.5 Å². The first-order valence-electron chi connectivity index (χ1n) is 10.8. The van der Waals surface area contributed by atoms with E-state index in [9.17, 15) is 9.59 Å². The number of quaternary nitrogens is 1. The highest BCUT2D eigenvalue weighted by Gasteiger charge is 2.25. The van der Waals surface area contributed by atoms with E-state index in [0.29, 0.717) is 23.6 Å². The molecule has 2 N–H and O–H groups in total. The summed E-state index contributed by atoms with van der Waals surface area (Å²) in [6.45, 7) is 4.69. The van der Waals surface area contributed by atoms with Gasteiger partial charge in [0.15, 0.2) is 11.5 Å². The monoisotopic (exact) mass is 420 g/mol. The number of nitrogens with one attached hydrogen (secondary N) is 2. The zero-order chi connectivity index (χ0) is 21.3. The Hall–Kier alpha value is -2.32. The fourth-order valence-electron chi connectivity index (χ4n) is 4.12. The minimum atomic E-state index is -0.176. The number of morpholine rings is 1. The molecular weight excluding hydrogens is 386 g/mol. The van der Waals surface area contributed by atoms with Gasteiger partial charge in [0, 0.05) is 11.6 Å². The second kappa shape index (κ2) is 11.2. The highest BCUT2D eigenvalue weighted by atomic mass is 16.5. The van der Waals surface area contributed by atoms with E-state index in [1.807, 2.05) is 0 Å². The van der Waals surface area contributed by atoms with Crippen molar-refractivity contribution in [1.82, 2.24) is 10.2 Å². The van der Waals surface area contributed by atoms with E-state index in [1.54, 1.807) is 37.3 Å². The van der Waals surface area contributed by atoms with Gasteiger partial charge in [-0.25, -0.2) is 0 Å². The number of nitrogens with zero attached hydrogens (tertiary/aromatic N) is 1. The number of methoxy groups -OCH3 is 2. The average molecular weight is 421 g/mol. The van der Waals surface area contributed by atoms with Gasteiger partial charge in [-0.05, 0) is 31.0 Å². The fraction of sp³-hybridized carbons (Fsp3) is 0.636. The first kappa shape index (κ1) is 22.4. The molecule has 1 heterocycles. The summed E-state index contributed by atoms with van der Waals surface area (Å²) in [6.07, 6.45) is 4.35. The van der Waals surface area contributed by atoms with Gasteiger partial charge >= 0.3 is 0 Å². The highest BCUT2D eigenvalue weighted by molar-refractivity contribution is 5.97. The Kier molecular flexibility index (Phi) is 8.33. The van der Waals surface area contributed by atoms with E-state index in [2.05, 4.69) is 5.32 Å². The van der Waals surface area contributed by atoms with Crippen molar-refractivity contribution in [2.24, 2.45) is 0 Å². The first-order chi connectivity index (χ1) is 14.6. The van der Waals surface area contributed by atoms with Gasteiger partial charge in [-0.3, -0.25) is 9.59 Å². The molecule has 0 bridgehead atoms. The van der Waals surface area contributed by atoms with Crippen LogP contribution in [0.2, 0.25) is 0 Å². The van der Waals surface area contributed by atoms with Crippen molar-refractivity contribution in [2.75, 3.05) is 60.2 Å². The largest absolute Gasteiger partial charge is 0.493 e. The number of amides is 2. The average Bonchev–Trinajstić information content (AvgIpc) is 3.29. The molecule has 2 amide bonds. The van der Waals surface area contributed by atoms with Crippen LogP contribution in [-0.2, 0) is 9.53 Å². The zero-order valence-corrected chi connectivity index (χ0v) is 18.1. The van der Waals surface area contributed by atoms with E-state index >= 15 is 0 Å². The minimum absolute atomic E-state index is 0.0630. The lowest BCUT2D eigenvalue weighted by atomic mass is 10.1. The number of rotatable bonds is 9. The molecule has 1 aliphatic heterocycles. The van der Waals surface area contributed by atoms with Gasteiger partial charge in [0.2, 0.25) is 5.91 Å². The molecule has 8 nitrogen and oxygen atoms in total. The Balaban J connectivity index is 1.69. The summed E-state index contributed by atoms with van der Waals surface area (Å²) in [5.74, 6) is 0.799. The molecule has 1 aliphatic carbocycles. The summed E-state index contributed by atoms with van der Waals surface area (Å²) in [5, 5.41) is 3.09. The van der Waals surface area contributed by atoms with Gasteiger partial charge in [-0.2, -0.15) is 0 Å². The maximum Gasteiger partial charge on any atom is 0.254 e. The van der Waals surface area contributed by atoms with Crippen LogP contribution in [0.1, 0.15) is 36.0 Å². The molecule has 1 saturated heterocycles. The summed E-state index contributed by atoms with van der Waals surface area (Å²) < 4.78 is 16.0. The Morgan fingerprint density at radius 1 is 1.13 bits per heavy atom. The summed E-state index contributed by atoms with van der Waals surface area (Å²) in [7, 11) is 3.10. The highest BCUT2D eigenvalue weighted by Crippen LogP contribution is 2.28. The standard InChI is InChI=1S/C22H33N3O5/c1-28-19-8-7-17(15-20(19)29-2)22(27)25(10-9-24-11-13-30-14-12-24)16-21(26)23-18-5-3-4-6-18/h7-8,15,18H,3-6,9-14,16H2,1-2H3,(H,23,26)/p+1. The number of ether oxygens (including phenoxy) is 3. The quantitative estimate of drug-likeness (QED) is 0.593. The molecular formula is C22H34N3O5+. The summed E-state index contributed by atoms with van der Waals surface area (Å²) >= 11 is 0. The number of carbonyl (C=O) groups excluding carboxylic acids is 2. The number of hydrogen-bond donors (Lipinski definition) is 2. The third-order valence-corrected chi connectivity index (χ3v) is 5.91. The van der Waals surface area contributed by atoms with Gasteiger partial charge in [0.05, 0.1) is 40.5 Å². The summed E-state index contributed by atoms with van der Waals surface area (Å²) in [6, 6.07) is 5.34. The van der Waals surface area contributed by atoms with Crippen LogP contribution in [0, 0.1) is 0 Å². The maximum atomic E-state index is 13.3. The van der Waals surface area contributed by atoms with E-state index in [1.165, 1.54) is 4.90 Å². The lowest BCUT2D eigenvalue weighted by Gasteiger charge is -2.28. The van der Waals surface area contributed by atoms with Gasteiger partial charge in [0.25, 0.3) is 5.91 Å². The summed E-state index contributed by atoms with van der Waals surface area (Å²) in [4.78, 5) is 29.0. The van der Waals surface area contributed by atoms with Crippen LogP contribution in [0.15, 0.2) is 18.2 Å². The first-order valence-corrected chi connectivity index (χ1v) is 10.8. The second-order valence-corrected chi connectivity index (χ2v) is 7.96. The van der Waals surface area contributed by atoms with Crippen molar-refractivity contribution >= 4 is 11.8 Å². The summed E-state index contributed by atoms with van der Waals surface area (Å²) in [5.41, 5.74) is 0.485. The van der Waals surface area contributed by atoms with Gasteiger partial charge in [0.1, 0.15) is 19.6 Å². The van der Waals surface area contributed by atoms with Gasteiger partial charge < -0.3 is 29.3 Å². The van der Waals surface area contributed by atoms with Crippen molar-refractivity contribution in [3.63, 3.8) is 0 Å². The molecule has 8 heteroatoms. The fourth-order valence-corrected chi connectivity index (χ4v) is 4.12. The van der Waals surface area contributed by atoms with Crippen LogP contribution in [0.4, 0.5) is 0 Å². The maximum absolute atomic E-state index is 13.3. The normalized spacial score (nSPS) is 17.5. The predicted molar refractivity (Wildman–Crippen MR) is 112 cm³/mol. The van der Waals surface area contributed by atoms with E-state index in [0.717, 1.165) is 58.5 Å². The van der Waals surface area contributed by atoms with Crippen molar-refractivity contribution in [1.29, 1.82) is 0 Å². The van der Waals surface area contributed by atoms with Crippen molar-refractivity contribution in [3.05, 3.63) is 23.8 Å². The smallest absolute Gasteiger partial charge is 0.254 e. The van der Waals surface area contributed by atoms with Crippen molar-refractivity contribution in [3.8, 4) is 11.5 Å².